The van der Waals surface area contributed by atoms with Gasteiger partial charge in [0.1, 0.15) is 6.29 Å². The second-order valence-corrected chi connectivity index (χ2v) is 1.72. The third-order valence-corrected chi connectivity index (χ3v) is 0.850. The third kappa shape index (κ3) is 4.40. The molecule has 30 valence electrons. The van der Waals surface area contributed by atoms with Gasteiger partial charge in [-0.1, -0.05) is 22.6 Å². The highest BCUT2D eigenvalue weighted by Gasteiger charge is 1.68. The Hall–Kier alpha value is 0.400. The fourth-order valence-electron chi connectivity index (χ4n) is 0.0445. The van der Waals surface area contributed by atoms with Crippen LogP contribution in [0.2, 0.25) is 0 Å². The molecule has 0 heterocycles. The van der Waals surface area contributed by atoms with Gasteiger partial charge in [-0.3, -0.25) is 0 Å². The van der Waals surface area contributed by atoms with E-state index in [1.165, 1.54) is 0 Å². The van der Waals surface area contributed by atoms with Gasteiger partial charge >= 0.3 is 0 Å². The minimum Gasteiger partial charge on any atom is -0.303 e. The highest BCUT2D eigenvalue weighted by atomic mass is 127. The normalized spacial score (nSPS) is 7.40. The molecule has 0 aromatic carbocycles. The molecule has 0 unspecified atom stereocenters. The molecule has 5 heavy (non-hydrogen) atoms. The maximum atomic E-state index is 9.40. The summed E-state index contributed by atoms with van der Waals surface area (Å²) >= 11 is 2.16. The first kappa shape index (κ1) is 5.40. The van der Waals surface area contributed by atoms with Crippen molar-refractivity contribution in [1.29, 1.82) is 0 Å². The first-order valence-corrected chi connectivity index (χ1v) is 2.94. The molecule has 0 rings (SSSR count). The number of halogens is 1. The van der Waals surface area contributed by atoms with E-state index >= 15 is 0 Å². The van der Waals surface area contributed by atoms with E-state index in [9.17, 15) is 4.79 Å². The summed E-state index contributed by atoms with van der Waals surface area (Å²) < 4.78 is 0.946. The zero-order valence-electron chi connectivity index (χ0n) is 2.78. The largest absolute Gasteiger partial charge is 0.303 e. The number of carbonyl (C=O) groups is 1. The maximum Gasteiger partial charge on any atom is 0.120 e. The molecule has 0 aliphatic carbocycles. The predicted molar refractivity (Wildman–Crippen MR) is 29.6 cm³/mol. The Morgan fingerprint density at radius 2 is 2.40 bits per heavy atom. The Labute approximate surface area is 44.9 Å². The smallest absolute Gasteiger partial charge is 0.120 e. The van der Waals surface area contributed by atoms with Gasteiger partial charge in [-0.15, -0.1) is 0 Å². The Bertz CT molecular complexity index is 28.1. The van der Waals surface area contributed by atoms with Crippen molar-refractivity contribution in [3.8, 4) is 0 Å². The van der Waals surface area contributed by atoms with E-state index in [0.717, 1.165) is 10.7 Å². The number of hydrogen-bond donors (Lipinski definition) is 0. The minimum absolute atomic E-state index is 0.695. The average Bonchev–Trinajstić information content (AvgIpc) is 1.41. The summed E-state index contributed by atoms with van der Waals surface area (Å²) in [6.07, 6.45) is 1.62. The zero-order valence-corrected chi connectivity index (χ0v) is 4.94. The molecular formula is C3H5IO. The van der Waals surface area contributed by atoms with Gasteiger partial charge < -0.3 is 4.79 Å². The third-order valence-electron chi connectivity index (χ3n) is 0.227. The van der Waals surface area contributed by atoms with E-state index in [1.54, 1.807) is 0 Å². The summed E-state index contributed by atoms with van der Waals surface area (Å²) in [5.41, 5.74) is 0. The molecule has 0 saturated heterocycles. The number of aldehydes is 1. The van der Waals surface area contributed by atoms with Crippen LogP contribution in [0.5, 0.6) is 0 Å². The zero-order chi connectivity index (χ0) is 4.12. The summed E-state index contributed by atoms with van der Waals surface area (Å²) in [6, 6.07) is 0. The monoisotopic (exact) mass is 184 g/mol. The number of alkyl halides is 1. The predicted octanol–water partition coefficient (Wildman–Crippen LogP) is 1.01. The van der Waals surface area contributed by atoms with Crippen molar-refractivity contribution in [2.45, 2.75) is 6.42 Å². The molecule has 0 fully saturated rings. The second kappa shape index (κ2) is 4.40. The topological polar surface area (TPSA) is 17.1 Å². The van der Waals surface area contributed by atoms with Crippen LogP contribution in [-0.2, 0) is 4.79 Å². The summed E-state index contributed by atoms with van der Waals surface area (Å²) in [6.45, 7) is 0. The lowest BCUT2D eigenvalue weighted by molar-refractivity contribution is -0.107. The van der Waals surface area contributed by atoms with Crippen molar-refractivity contribution >= 4 is 28.9 Å². The SMILES string of the molecule is O=CCCI. The van der Waals surface area contributed by atoms with E-state index in [4.69, 9.17) is 0 Å². The molecule has 0 aliphatic rings. The number of carbonyl (C=O) groups excluding carboxylic acids is 1. The summed E-state index contributed by atoms with van der Waals surface area (Å²) in [4.78, 5) is 9.40. The van der Waals surface area contributed by atoms with Crippen LogP contribution in [0.4, 0.5) is 0 Å². The van der Waals surface area contributed by atoms with E-state index < -0.39 is 0 Å². The van der Waals surface area contributed by atoms with Crippen LogP contribution in [0, 0.1) is 0 Å². The molecule has 0 atom stereocenters. The van der Waals surface area contributed by atoms with Crippen LogP contribution >= 0.6 is 22.6 Å². The Balaban J connectivity index is 2.40. The number of hydrogen-bond acceptors (Lipinski definition) is 1. The lowest BCUT2D eigenvalue weighted by atomic mass is 10.6. The van der Waals surface area contributed by atoms with Crippen LogP contribution in [-0.4, -0.2) is 10.7 Å². The Morgan fingerprint density at radius 1 is 1.80 bits per heavy atom. The van der Waals surface area contributed by atoms with Gasteiger partial charge in [-0.2, -0.15) is 0 Å². The first-order chi connectivity index (χ1) is 2.41. The molecule has 0 radical (unpaired) electrons. The van der Waals surface area contributed by atoms with Crippen molar-refractivity contribution < 1.29 is 4.79 Å². The van der Waals surface area contributed by atoms with E-state index in [-0.39, 0.29) is 0 Å². The first-order valence-electron chi connectivity index (χ1n) is 1.41. The van der Waals surface area contributed by atoms with Crippen LogP contribution in [0.1, 0.15) is 6.42 Å². The van der Waals surface area contributed by atoms with Gasteiger partial charge in [0.15, 0.2) is 0 Å². The molecule has 0 aromatic rings. The lowest BCUT2D eigenvalue weighted by Crippen LogP contribution is -1.69. The van der Waals surface area contributed by atoms with Gasteiger partial charge in [0.05, 0.1) is 0 Å². The molecule has 0 aliphatic heterocycles. The van der Waals surface area contributed by atoms with Crippen molar-refractivity contribution in [1.82, 2.24) is 0 Å². The average molecular weight is 184 g/mol. The van der Waals surface area contributed by atoms with Crippen molar-refractivity contribution in [2.24, 2.45) is 0 Å². The Kier molecular flexibility index (Phi) is 4.75. The van der Waals surface area contributed by atoms with Gasteiger partial charge in [-0.05, 0) is 0 Å². The molecular weight excluding hydrogens is 179 g/mol. The molecule has 1 nitrogen and oxygen atoms in total. The molecule has 2 heteroatoms. The highest BCUT2D eigenvalue weighted by Crippen LogP contribution is 1.80. The fourth-order valence-corrected chi connectivity index (χ4v) is 0.299. The summed E-state index contributed by atoms with van der Waals surface area (Å²) in [7, 11) is 0. The highest BCUT2D eigenvalue weighted by molar-refractivity contribution is 14.1. The molecule has 0 amide bonds. The second-order valence-electron chi connectivity index (χ2n) is 0.644. The van der Waals surface area contributed by atoms with Crippen LogP contribution in [0.25, 0.3) is 0 Å². The van der Waals surface area contributed by atoms with E-state index in [2.05, 4.69) is 22.6 Å². The summed E-state index contributed by atoms with van der Waals surface area (Å²) in [5.74, 6) is 0. The van der Waals surface area contributed by atoms with Crippen molar-refractivity contribution in [3.63, 3.8) is 0 Å². The van der Waals surface area contributed by atoms with Crippen LogP contribution in [0.15, 0.2) is 0 Å². The van der Waals surface area contributed by atoms with Gasteiger partial charge in [0.2, 0.25) is 0 Å². The van der Waals surface area contributed by atoms with Crippen LogP contribution in [0.3, 0.4) is 0 Å². The molecule has 0 N–H and O–H groups in total. The molecule has 0 saturated carbocycles. The minimum atomic E-state index is 0.695. The molecule has 0 aromatic heterocycles. The van der Waals surface area contributed by atoms with E-state index in [0.29, 0.717) is 6.42 Å². The molecule has 0 bridgehead atoms. The van der Waals surface area contributed by atoms with Crippen molar-refractivity contribution in [2.75, 3.05) is 4.43 Å². The fraction of sp³-hybridized carbons (Fsp3) is 0.667. The standard InChI is InChI=1S/C3H5IO/c4-2-1-3-5/h3H,1-2H2. The van der Waals surface area contributed by atoms with Gasteiger partial charge in [0.25, 0.3) is 0 Å². The maximum absolute atomic E-state index is 9.40. The Morgan fingerprint density at radius 3 is 2.40 bits per heavy atom. The number of rotatable bonds is 2. The van der Waals surface area contributed by atoms with E-state index in [1.807, 2.05) is 0 Å². The quantitative estimate of drug-likeness (QED) is 0.355. The van der Waals surface area contributed by atoms with Crippen molar-refractivity contribution in [3.05, 3.63) is 0 Å². The lowest BCUT2D eigenvalue weighted by Gasteiger charge is -1.66. The summed E-state index contributed by atoms with van der Waals surface area (Å²) in [5, 5.41) is 0. The molecule has 0 spiro atoms. The van der Waals surface area contributed by atoms with Gasteiger partial charge in [0, 0.05) is 10.8 Å². The van der Waals surface area contributed by atoms with Crippen LogP contribution < -0.4 is 0 Å². The van der Waals surface area contributed by atoms with Gasteiger partial charge in [-0.25, -0.2) is 0 Å².